The van der Waals surface area contributed by atoms with Crippen molar-refractivity contribution in [2.45, 2.75) is 71.4 Å². The minimum absolute atomic E-state index is 0.0702. The summed E-state index contributed by atoms with van der Waals surface area (Å²) in [5.41, 5.74) is -1.17. The normalized spacial score (nSPS) is 30.5. The van der Waals surface area contributed by atoms with Gasteiger partial charge in [-0.3, -0.25) is 24.0 Å². The van der Waals surface area contributed by atoms with Crippen LogP contribution in [0.1, 0.15) is 41.5 Å². The fourth-order valence-corrected chi connectivity index (χ4v) is 6.71. The molecule has 12 heteroatoms. The van der Waals surface area contributed by atoms with Gasteiger partial charge in [0.15, 0.2) is 24.2 Å². The third-order valence-corrected chi connectivity index (χ3v) is 8.26. The predicted octanol–water partition coefficient (Wildman–Crippen LogP) is 0.999. The van der Waals surface area contributed by atoms with Crippen LogP contribution < -0.4 is 0 Å². The third kappa shape index (κ3) is 6.29. The Bertz CT molecular complexity index is 746. The Kier molecular flexibility index (Phi) is 9.02. The van der Waals surface area contributed by atoms with Crippen molar-refractivity contribution in [3.05, 3.63) is 0 Å². The van der Waals surface area contributed by atoms with E-state index in [1.807, 2.05) is 0 Å². The number of carbonyl (C=O) groups excluding carboxylic acids is 5. The van der Waals surface area contributed by atoms with Crippen LogP contribution in [0, 0.1) is 0 Å². The highest BCUT2D eigenvalue weighted by molar-refractivity contribution is 7.65. The van der Waals surface area contributed by atoms with Crippen LogP contribution in [0.2, 0.25) is 0 Å². The van der Waals surface area contributed by atoms with E-state index in [1.54, 1.807) is 6.92 Å². The monoisotopic (exact) mass is 450 g/mol. The summed E-state index contributed by atoms with van der Waals surface area (Å²) in [5.74, 6) is -5.42. The maximum atomic E-state index is 14.0. The van der Waals surface area contributed by atoms with Crippen molar-refractivity contribution in [3.63, 3.8) is 0 Å². The lowest BCUT2D eigenvalue weighted by atomic mass is 10.0. The van der Waals surface area contributed by atoms with Crippen LogP contribution in [0.25, 0.3) is 0 Å². The van der Waals surface area contributed by atoms with E-state index in [9.17, 15) is 28.5 Å². The van der Waals surface area contributed by atoms with E-state index >= 15 is 0 Å². The molecule has 0 aromatic heterocycles. The summed E-state index contributed by atoms with van der Waals surface area (Å²) < 4.78 is 40.1. The zero-order chi connectivity index (χ0) is 23.2. The van der Waals surface area contributed by atoms with Gasteiger partial charge in [0, 0.05) is 40.8 Å². The predicted molar refractivity (Wildman–Crippen MR) is 101 cm³/mol. The van der Waals surface area contributed by atoms with Gasteiger partial charge in [-0.15, -0.1) is 0 Å². The van der Waals surface area contributed by atoms with Crippen molar-refractivity contribution in [2.75, 3.05) is 12.8 Å². The maximum absolute atomic E-state index is 14.0. The van der Waals surface area contributed by atoms with E-state index in [1.165, 1.54) is 0 Å². The molecule has 1 saturated heterocycles. The molecule has 1 fully saturated rings. The highest BCUT2D eigenvalue weighted by Crippen LogP contribution is 2.62. The third-order valence-electron chi connectivity index (χ3n) is 4.44. The molecule has 30 heavy (non-hydrogen) atoms. The molecule has 0 aliphatic carbocycles. The van der Waals surface area contributed by atoms with Crippen molar-refractivity contribution < 1.29 is 52.2 Å². The van der Waals surface area contributed by atoms with Gasteiger partial charge in [-0.1, -0.05) is 6.92 Å². The largest absolute Gasteiger partial charge is 0.465 e. The van der Waals surface area contributed by atoms with Crippen LogP contribution in [0.4, 0.5) is 0 Å². The molecule has 0 bridgehead atoms. The maximum Gasteiger partial charge on any atom is 0.303 e. The summed E-state index contributed by atoms with van der Waals surface area (Å²) in [6.07, 6.45) is -4.40. The molecule has 6 atom stereocenters. The average molecular weight is 450 g/mol. The van der Waals surface area contributed by atoms with Gasteiger partial charge < -0.3 is 28.2 Å². The molecule has 0 aromatic rings. The van der Waals surface area contributed by atoms with Crippen molar-refractivity contribution in [1.82, 2.24) is 0 Å². The number of hydrogen-bond acceptors (Lipinski definition) is 11. The van der Waals surface area contributed by atoms with Crippen LogP contribution in [0.3, 0.4) is 0 Å². The summed E-state index contributed by atoms with van der Waals surface area (Å²) in [6.45, 7) is 6.52. The van der Waals surface area contributed by atoms with Gasteiger partial charge in [-0.2, -0.15) is 0 Å². The standard InChI is InChI=1S/C18H27O11P/c1-7-30(24)14(8-25-9(2)19)15(26-10(3)20)16(27-11(4)21)17(28-12(5)22)18(30)29-13(6)23/h14-18H,7-8H2,1-6H3/t14-,15-,16+,17-,18+,30+/m1/s1. The molecule has 0 aromatic carbocycles. The van der Waals surface area contributed by atoms with Crippen LogP contribution in [0.5, 0.6) is 0 Å². The number of ether oxygens (including phenoxy) is 5. The number of carbonyl (C=O) groups is 5. The van der Waals surface area contributed by atoms with Gasteiger partial charge in [0.1, 0.15) is 13.7 Å². The molecule has 1 aliphatic heterocycles. The Morgan fingerprint density at radius 1 is 0.667 bits per heavy atom. The summed E-state index contributed by atoms with van der Waals surface area (Å²) in [7, 11) is -3.70. The highest BCUT2D eigenvalue weighted by atomic mass is 31.2. The molecule has 0 spiro atoms. The Morgan fingerprint density at radius 3 is 1.50 bits per heavy atom. The Balaban J connectivity index is 3.69. The fraction of sp³-hybridized carbons (Fsp3) is 0.722. The minimum Gasteiger partial charge on any atom is -0.465 e. The summed E-state index contributed by atoms with van der Waals surface area (Å²) >= 11 is 0. The first-order chi connectivity index (χ1) is 13.8. The van der Waals surface area contributed by atoms with Gasteiger partial charge in [0.25, 0.3) is 0 Å². The molecular weight excluding hydrogens is 423 g/mol. The van der Waals surface area contributed by atoms with Crippen LogP contribution in [-0.2, 0) is 52.2 Å². The summed E-state index contributed by atoms with van der Waals surface area (Å²) in [5, 5.41) is 0. The zero-order valence-corrected chi connectivity index (χ0v) is 18.6. The van der Waals surface area contributed by atoms with E-state index in [4.69, 9.17) is 23.7 Å². The van der Waals surface area contributed by atoms with Gasteiger partial charge in [0.2, 0.25) is 0 Å². The second-order valence-electron chi connectivity index (χ2n) is 6.76. The first kappa shape index (κ1) is 25.6. The molecule has 0 saturated carbocycles. The molecule has 0 amide bonds. The molecule has 170 valence electrons. The van der Waals surface area contributed by atoms with E-state index in [0.29, 0.717) is 0 Å². The number of rotatable bonds is 7. The Hall–Kier alpha value is -2.42. The highest BCUT2D eigenvalue weighted by Gasteiger charge is 2.62. The molecule has 0 unspecified atom stereocenters. The van der Waals surface area contributed by atoms with Gasteiger partial charge in [0.05, 0.1) is 5.66 Å². The molecule has 1 heterocycles. The van der Waals surface area contributed by atoms with Crippen molar-refractivity contribution in [2.24, 2.45) is 0 Å². The smallest absolute Gasteiger partial charge is 0.303 e. The quantitative estimate of drug-likeness (QED) is 0.311. The van der Waals surface area contributed by atoms with E-state index in [0.717, 1.165) is 34.6 Å². The number of esters is 5. The van der Waals surface area contributed by atoms with Crippen LogP contribution in [-0.4, -0.2) is 72.4 Å². The second-order valence-corrected chi connectivity index (χ2v) is 10.3. The van der Waals surface area contributed by atoms with Crippen molar-refractivity contribution in [1.29, 1.82) is 0 Å². The topological polar surface area (TPSA) is 149 Å². The lowest BCUT2D eigenvalue weighted by Crippen LogP contribution is -2.61. The van der Waals surface area contributed by atoms with Crippen LogP contribution in [0.15, 0.2) is 0 Å². The molecule has 1 aliphatic rings. The molecule has 0 radical (unpaired) electrons. The van der Waals surface area contributed by atoms with Gasteiger partial charge in [-0.25, -0.2) is 0 Å². The first-order valence-corrected chi connectivity index (χ1v) is 11.3. The molecular formula is C18H27O11P. The fourth-order valence-electron chi connectivity index (χ4n) is 3.40. The van der Waals surface area contributed by atoms with Gasteiger partial charge in [-0.05, 0) is 0 Å². The first-order valence-electron chi connectivity index (χ1n) is 9.24. The molecule has 1 rings (SSSR count). The second kappa shape index (κ2) is 10.6. The molecule has 11 nitrogen and oxygen atoms in total. The summed E-state index contributed by atoms with van der Waals surface area (Å²) in [4.78, 5) is 58.4. The van der Waals surface area contributed by atoms with E-state index < -0.39 is 73.4 Å². The average Bonchev–Trinajstić information content (AvgIpc) is 2.59. The van der Waals surface area contributed by atoms with Crippen LogP contribution >= 0.6 is 7.14 Å². The lowest BCUT2D eigenvalue weighted by molar-refractivity contribution is -0.197. The molecule has 0 N–H and O–H groups in total. The zero-order valence-electron chi connectivity index (χ0n) is 17.7. The minimum atomic E-state index is -3.70. The van der Waals surface area contributed by atoms with E-state index in [2.05, 4.69) is 0 Å². The van der Waals surface area contributed by atoms with E-state index in [-0.39, 0.29) is 6.16 Å². The summed E-state index contributed by atoms with van der Waals surface area (Å²) in [6, 6.07) is 0. The van der Waals surface area contributed by atoms with Crippen molar-refractivity contribution in [3.8, 4) is 0 Å². The van der Waals surface area contributed by atoms with Gasteiger partial charge >= 0.3 is 29.8 Å². The SMILES string of the molecule is CC[P@]1(=O)[C@H](COC(C)=O)[C@@H](OC(C)=O)[C@H](OC(C)=O)[C@@H](OC(C)=O)[C@H]1OC(C)=O. The van der Waals surface area contributed by atoms with Crippen molar-refractivity contribution >= 4 is 37.0 Å². The lowest BCUT2D eigenvalue weighted by Gasteiger charge is -2.47. The Morgan fingerprint density at radius 2 is 1.10 bits per heavy atom. The Labute approximate surface area is 174 Å². The number of hydrogen-bond donors (Lipinski definition) is 0.